The summed E-state index contributed by atoms with van der Waals surface area (Å²) >= 11 is 0. The molecule has 0 bridgehead atoms. The van der Waals surface area contributed by atoms with E-state index < -0.39 is 5.54 Å². The number of hydrogen-bond acceptors (Lipinski definition) is 3. The summed E-state index contributed by atoms with van der Waals surface area (Å²) in [6, 6.07) is 5.77. The third-order valence-electron chi connectivity index (χ3n) is 3.29. The average Bonchev–Trinajstić information content (AvgIpc) is 2.77. The van der Waals surface area contributed by atoms with Crippen LogP contribution in [-0.2, 0) is 4.79 Å². The Kier molecular flexibility index (Phi) is 3.01. The van der Waals surface area contributed by atoms with Crippen molar-refractivity contribution in [3.05, 3.63) is 30.2 Å². The minimum atomic E-state index is -0.593. The van der Waals surface area contributed by atoms with Crippen LogP contribution in [0.15, 0.2) is 28.9 Å². The number of furan rings is 1. The Morgan fingerprint density at radius 3 is 2.88 bits per heavy atom. The van der Waals surface area contributed by atoms with Crippen molar-refractivity contribution in [1.82, 2.24) is 4.90 Å². The van der Waals surface area contributed by atoms with Gasteiger partial charge in [-0.3, -0.25) is 4.79 Å². The molecule has 1 aliphatic carbocycles. The molecule has 0 radical (unpaired) electrons. The lowest BCUT2D eigenvalue weighted by Gasteiger charge is -2.42. The van der Waals surface area contributed by atoms with Crippen LogP contribution in [0, 0.1) is 11.3 Å². The Labute approximate surface area is 100 Å². The number of nitrogens with zero attached hydrogens (tertiary/aromatic N) is 2. The summed E-state index contributed by atoms with van der Waals surface area (Å²) < 4.78 is 5.09. The largest absolute Gasteiger partial charge is 0.465 e. The first kappa shape index (κ1) is 11.5. The van der Waals surface area contributed by atoms with E-state index in [1.807, 2.05) is 0 Å². The normalized spacial score (nSPS) is 17.4. The van der Waals surface area contributed by atoms with Crippen LogP contribution in [0.1, 0.15) is 25.0 Å². The first-order valence-corrected chi connectivity index (χ1v) is 5.59. The molecule has 1 aromatic heterocycles. The van der Waals surface area contributed by atoms with Crippen molar-refractivity contribution in [2.45, 2.75) is 24.8 Å². The van der Waals surface area contributed by atoms with E-state index in [1.54, 1.807) is 31.5 Å². The van der Waals surface area contributed by atoms with Crippen molar-refractivity contribution in [3.8, 4) is 6.07 Å². The summed E-state index contributed by atoms with van der Waals surface area (Å²) in [6.45, 7) is 0. The van der Waals surface area contributed by atoms with Crippen LogP contribution in [-0.4, -0.2) is 23.4 Å². The second-order valence-electron chi connectivity index (χ2n) is 4.24. The molecule has 0 aliphatic heterocycles. The van der Waals surface area contributed by atoms with Gasteiger partial charge in [-0.25, -0.2) is 0 Å². The van der Waals surface area contributed by atoms with Crippen molar-refractivity contribution in [2.75, 3.05) is 7.05 Å². The molecule has 17 heavy (non-hydrogen) atoms. The monoisotopic (exact) mass is 230 g/mol. The molecule has 0 atom stereocenters. The Hall–Kier alpha value is -2.02. The van der Waals surface area contributed by atoms with E-state index in [-0.39, 0.29) is 5.91 Å². The fourth-order valence-corrected chi connectivity index (χ4v) is 1.90. The van der Waals surface area contributed by atoms with Gasteiger partial charge in [0, 0.05) is 13.1 Å². The summed E-state index contributed by atoms with van der Waals surface area (Å²) in [5.74, 6) is 0.467. The number of rotatable bonds is 3. The van der Waals surface area contributed by atoms with Gasteiger partial charge in [0.2, 0.25) is 5.91 Å². The minimum Gasteiger partial charge on any atom is -0.465 e. The highest BCUT2D eigenvalue weighted by Gasteiger charge is 2.42. The SMILES string of the molecule is CN(C(=O)/C=C/c1ccco1)C1(C#N)CCC1. The van der Waals surface area contributed by atoms with E-state index in [0.717, 1.165) is 19.3 Å². The van der Waals surface area contributed by atoms with Crippen LogP contribution in [0.2, 0.25) is 0 Å². The number of nitriles is 1. The highest BCUT2D eigenvalue weighted by atomic mass is 16.3. The van der Waals surface area contributed by atoms with E-state index in [4.69, 9.17) is 9.68 Å². The highest BCUT2D eigenvalue weighted by Crippen LogP contribution is 2.36. The first-order chi connectivity index (χ1) is 8.18. The van der Waals surface area contributed by atoms with Crippen LogP contribution in [0.4, 0.5) is 0 Å². The Bertz CT molecular complexity index is 464. The van der Waals surface area contributed by atoms with Gasteiger partial charge in [0.05, 0.1) is 12.3 Å². The van der Waals surface area contributed by atoms with Crippen LogP contribution < -0.4 is 0 Å². The zero-order valence-electron chi connectivity index (χ0n) is 9.72. The molecule has 0 unspecified atom stereocenters. The molecule has 0 spiro atoms. The topological polar surface area (TPSA) is 57.2 Å². The second-order valence-corrected chi connectivity index (χ2v) is 4.24. The van der Waals surface area contributed by atoms with Crippen molar-refractivity contribution < 1.29 is 9.21 Å². The molecule has 2 rings (SSSR count). The maximum absolute atomic E-state index is 11.9. The number of carbonyl (C=O) groups is 1. The number of amides is 1. The molecule has 88 valence electrons. The predicted octanol–water partition coefficient (Wildman–Crippen LogP) is 2.20. The Morgan fingerprint density at radius 1 is 1.65 bits per heavy atom. The van der Waals surface area contributed by atoms with Gasteiger partial charge in [-0.15, -0.1) is 0 Å². The number of carbonyl (C=O) groups excluding carboxylic acids is 1. The summed E-state index contributed by atoms with van der Waals surface area (Å²) in [4.78, 5) is 13.4. The fraction of sp³-hybridized carbons (Fsp3) is 0.385. The quantitative estimate of drug-likeness (QED) is 0.748. The number of hydrogen-bond donors (Lipinski definition) is 0. The van der Waals surface area contributed by atoms with Gasteiger partial charge in [0.25, 0.3) is 0 Å². The molecule has 1 aromatic rings. The number of likely N-dealkylation sites (N-methyl/N-ethyl adjacent to an activating group) is 1. The van der Waals surface area contributed by atoms with Gasteiger partial charge in [-0.1, -0.05) is 0 Å². The molecule has 0 N–H and O–H groups in total. The molecule has 0 aromatic carbocycles. The summed E-state index contributed by atoms with van der Waals surface area (Å²) in [5, 5.41) is 9.12. The fourth-order valence-electron chi connectivity index (χ4n) is 1.90. The predicted molar refractivity (Wildman–Crippen MR) is 62.7 cm³/mol. The molecule has 1 amide bonds. The lowest BCUT2D eigenvalue weighted by molar-refractivity contribution is -0.130. The van der Waals surface area contributed by atoms with Crippen molar-refractivity contribution >= 4 is 12.0 Å². The van der Waals surface area contributed by atoms with Crippen molar-refractivity contribution in [3.63, 3.8) is 0 Å². The molecule has 1 heterocycles. The Morgan fingerprint density at radius 2 is 2.41 bits per heavy atom. The van der Waals surface area contributed by atoms with Gasteiger partial charge >= 0.3 is 0 Å². The second kappa shape index (κ2) is 4.46. The minimum absolute atomic E-state index is 0.164. The van der Waals surface area contributed by atoms with E-state index >= 15 is 0 Å². The van der Waals surface area contributed by atoms with Crippen molar-refractivity contribution in [2.24, 2.45) is 0 Å². The van der Waals surface area contributed by atoms with Gasteiger partial charge in [0.15, 0.2) is 0 Å². The van der Waals surface area contributed by atoms with Gasteiger partial charge in [-0.2, -0.15) is 5.26 Å². The van der Waals surface area contributed by atoms with Gasteiger partial charge in [0.1, 0.15) is 11.3 Å². The summed E-state index contributed by atoms with van der Waals surface area (Å²) in [7, 11) is 1.68. The molecular weight excluding hydrogens is 216 g/mol. The van der Waals surface area contributed by atoms with Gasteiger partial charge in [-0.05, 0) is 37.5 Å². The Balaban J connectivity index is 2.03. The molecule has 1 aliphatic rings. The first-order valence-electron chi connectivity index (χ1n) is 5.59. The molecule has 1 saturated carbocycles. The maximum atomic E-state index is 11.9. The van der Waals surface area contributed by atoms with Crippen LogP contribution in [0.5, 0.6) is 0 Å². The van der Waals surface area contributed by atoms with Crippen LogP contribution in [0.25, 0.3) is 6.08 Å². The summed E-state index contributed by atoms with van der Waals surface area (Å²) in [6.07, 6.45) is 7.14. The lowest BCUT2D eigenvalue weighted by atomic mass is 9.76. The molecule has 4 nitrogen and oxygen atoms in total. The molecule has 1 fully saturated rings. The third kappa shape index (κ3) is 2.09. The lowest BCUT2D eigenvalue weighted by Crippen LogP contribution is -2.52. The zero-order chi connectivity index (χ0) is 12.3. The average molecular weight is 230 g/mol. The molecule has 0 saturated heterocycles. The van der Waals surface area contributed by atoms with Crippen molar-refractivity contribution in [1.29, 1.82) is 5.26 Å². The highest BCUT2D eigenvalue weighted by molar-refractivity contribution is 5.92. The standard InChI is InChI=1S/C13H14N2O2/c1-15(13(10-14)7-3-8-13)12(16)6-5-11-4-2-9-17-11/h2,4-6,9H,3,7-8H2,1H3/b6-5+. The third-order valence-corrected chi connectivity index (χ3v) is 3.29. The van der Waals surface area contributed by atoms with Crippen LogP contribution >= 0.6 is 0 Å². The van der Waals surface area contributed by atoms with E-state index in [2.05, 4.69) is 6.07 Å². The van der Waals surface area contributed by atoms with Gasteiger partial charge < -0.3 is 9.32 Å². The van der Waals surface area contributed by atoms with E-state index in [9.17, 15) is 4.79 Å². The van der Waals surface area contributed by atoms with E-state index in [1.165, 1.54) is 11.0 Å². The zero-order valence-corrected chi connectivity index (χ0v) is 9.72. The molecular formula is C13H14N2O2. The summed E-state index contributed by atoms with van der Waals surface area (Å²) in [5.41, 5.74) is -0.593. The van der Waals surface area contributed by atoms with E-state index in [0.29, 0.717) is 5.76 Å². The smallest absolute Gasteiger partial charge is 0.247 e. The maximum Gasteiger partial charge on any atom is 0.247 e. The van der Waals surface area contributed by atoms with Crippen LogP contribution in [0.3, 0.4) is 0 Å². The molecule has 4 heteroatoms.